The summed E-state index contributed by atoms with van der Waals surface area (Å²) >= 11 is 0. The van der Waals surface area contributed by atoms with Gasteiger partial charge in [-0.15, -0.1) is 0 Å². The van der Waals surface area contributed by atoms with Crippen molar-refractivity contribution >= 4 is 21.7 Å². The van der Waals surface area contributed by atoms with E-state index in [0.29, 0.717) is 32.1 Å². The van der Waals surface area contributed by atoms with Gasteiger partial charge in [0.15, 0.2) is 0 Å². The second kappa shape index (κ2) is 6.60. The molecule has 1 aliphatic heterocycles. The third kappa shape index (κ3) is 3.66. The molecule has 1 aliphatic rings. The van der Waals surface area contributed by atoms with Gasteiger partial charge in [0, 0.05) is 38.2 Å². The minimum Gasteiger partial charge on any atom is -0.379 e. The number of fused-ring (bicyclic) bond motifs is 1. The monoisotopic (exact) mass is 339 g/mol. The van der Waals surface area contributed by atoms with Crippen LogP contribution in [0.25, 0.3) is 5.78 Å². The maximum Gasteiger partial charge on any atom is 0.271 e. The van der Waals surface area contributed by atoms with Gasteiger partial charge in [-0.3, -0.25) is 9.20 Å². The number of carbonyl (C=O) groups is 1. The van der Waals surface area contributed by atoms with Crippen LogP contribution in [-0.4, -0.2) is 71.6 Å². The Kier molecular flexibility index (Phi) is 4.55. The lowest BCUT2D eigenvalue weighted by Crippen LogP contribution is -2.43. The summed E-state index contributed by atoms with van der Waals surface area (Å²) in [6, 6.07) is 1.73. The summed E-state index contributed by atoms with van der Waals surface area (Å²) in [6.45, 7) is 1.54. The SMILES string of the molecule is O=C(NCCS(=O)(=O)N1CCOCC1)c1cn2cccnc2n1. The lowest BCUT2D eigenvalue weighted by atomic mass is 10.4. The number of nitrogens with zero attached hydrogens (tertiary/aromatic N) is 4. The molecule has 2 aromatic heterocycles. The van der Waals surface area contributed by atoms with Crippen LogP contribution in [0.3, 0.4) is 0 Å². The number of morpholine rings is 1. The molecule has 124 valence electrons. The van der Waals surface area contributed by atoms with E-state index in [1.165, 1.54) is 4.31 Å². The van der Waals surface area contributed by atoms with Crippen LogP contribution in [-0.2, 0) is 14.8 Å². The Morgan fingerprint density at radius 1 is 1.35 bits per heavy atom. The Bertz CT molecular complexity index is 765. The van der Waals surface area contributed by atoms with Gasteiger partial charge in [0.1, 0.15) is 5.69 Å². The first-order chi connectivity index (χ1) is 11.1. The molecule has 0 saturated carbocycles. The van der Waals surface area contributed by atoms with Crippen LogP contribution in [0.1, 0.15) is 10.5 Å². The lowest BCUT2D eigenvalue weighted by molar-refractivity contribution is 0.0730. The predicted octanol–water partition coefficient (Wildman–Crippen LogP) is -0.879. The van der Waals surface area contributed by atoms with E-state index in [1.54, 1.807) is 29.1 Å². The van der Waals surface area contributed by atoms with Gasteiger partial charge in [-0.05, 0) is 6.07 Å². The molecule has 10 heteroatoms. The topological polar surface area (TPSA) is 106 Å². The van der Waals surface area contributed by atoms with E-state index in [1.807, 2.05) is 0 Å². The quantitative estimate of drug-likeness (QED) is 0.758. The number of nitrogens with one attached hydrogen (secondary N) is 1. The van der Waals surface area contributed by atoms with Crippen LogP contribution in [0.4, 0.5) is 0 Å². The zero-order valence-corrected chi connectivity index (χ0v) is 13.2. The van der Waals surface area contributed by atoms with Crippen LogP contribution in [0.5, 0.6) is 0 Å². The molecule has 1 fully saturated rings. The molecule has 0 unspecified atom stereocenters. The average molecular weight is 339 g/mol. The molecule has 0 aromatic carbocycles. The molecule has 9 nitrogen and oxygen atoms in total. The molecular weight excluding hydrogens is 322 g/mol. The van der Waals surface area contributed by atoms with Gasteiger partial charge in [-0.25, -0.2) is 18.4 Å². The second-order valence-electron chi connectivity index (χ2n) is 5.04. The third-order valence-electron chi connectivity index (χ3n) is 3.48. The van der Waals surface area contributed by atoms with Gasteiger partial charge in [0.2, 0.25) is 15.8 Å². The van der Waals surface area contributed by atoms with Crippen molar-refractivity contribution in [3.8, 4) is 0 Å². The predicted molar refractivity (Wildman–Crippen MR) is 81.5 cm³/mol. The molecule has 0 aliphatic carbocycles. The van der Waals surface area contributed by atoms with Gasteiger partial charge in [-0.1, -0.05) is 0 Å². The van der Waals surface area contributed by atoms with E-state index in [9.17, 15) is 13.2 Å². The molecular formula is C13H17N5O4S. The van der Waals surface area contributed by atoms with Crippen LogP contribution in [0, 0.1) is 0 Å². The number of hydrogen-bond donors (Lipinski definition) is 1. The number of ether oxygens (including phenoxy) is 1. The van der Waals surface area contributed by atoms with Gasteiger partial charge in [-0.2, -0.15) is 4.31 Å². The van der Waals surface area contributed by atoms with Crippen LogP contribution < -0.4 is 5.32 Å². The van der Waals surface area contributed by atoms with Gasteiger partial charge in [0.25, 0.3) is 5.91 Å². The van der Waals surface area contributed by atoms with Crippen molar-refractivity contribution in [3.63, 3.8) is 0 Å². The molecule has 0 bridgehead atoms. The highest BCUT2D eigenvalue weighted by Crippen LogP contribution is 2.05. The van der Waals surface area contributed by atoms with Crippen LogP contribution >= 0.6 is 0 Å². The van der Waals surface area contributed by atoms with E-state index < -0.39 is 15.9 Å². The van der Waals surface area contributed by atoms with E-state index in [-0.39, 0.29) is 18.0 Å². The fraction of sp³-hybridized carbons (Fsp3) is 0.462. The molecule has 0 atom stereocenters. The summed E-state index contributed by atoms with van der Waals surface area (Å²) in [7, 11) is -3.39. The van der Waals surface area contributed by atoms with Crippen LogP contribution in [0.2, 0.25) is 0 Å². The fourth-order valence-electron chi connectivity index (χ4n) is 2.28. The van der Waals surface area contributed by atoms with E-state index >= 15 is 0 Å². The van der Waals surface area contributed by atoms with Crippen molar-refractivity contribution < 1.29 is 17.9 Å². The minimum atomic E-state index is -3.39. The Labute approximate surface area is 133 Å². The number of aromatic nitrogens is 3. The molecule has 23 heavy (non-hydrogen) atoms. The average Bonchev–Trinajstić information content (AvgIpc) is 2.99. The number of carbonyl (C=O) groups excluding carboxylic acids is 1. The van der Waals surface area contributed by atoms with E-state index in [4.69, 9.17) is 4.74 Å². The summed E-state index contributed by atoms with van der Waals surface area (Å²) in [6.07, 6.45) is 4.86. The third-order valence-corrected chi connectivity index (χ3v) is 5.35. The fourth-order valence-corrected chi connectivity index (χ4v) is 3.60. The van der Waals surface area contributed by atoms with Crippen molar-refractivity contribution in [2.75, 3.05) is 38.6 Å². The van der Waals surface area contributed by atoms with Crippen molar-refractivity contribution in [2.24, 2.45) is 0 Å². The van der Waals surface area contributed by atoms with Gasteiger partial charge >= 0.3 is 0 Å². The Hall–Kier alpha value is -2.04. The zero-order chi connectivity index (χ0) is 16.3. The second-order valence-corrected chi connectivity index (χ2v) is 7.12. The highest BCUT2D eigenvalue weighted by Gasteiger charge is 2.24. The first-order valence-electron chi connectivity index (χ1n) is 7.20. The van der Waals surface area contributed by atoms with Crippen molar-refractivity contribution in [1.82, 2.24) is 24.0 Å². The Balaban J connectivity index is 1.56. The normalized spacial score (nSPS) is 16.5. The summed E-state index contributed by atoms with van der Waals surface area (Å²) in [5.41, 5.74) is 0.201. The summed E-state index contributed by atoms with van der Waals surface area (Å²) in [5.74, 6) is -0.157. The van der Waals surface area contributed by atoms with Crippen molar-refractivity contribution in [3.05, 3.63) is 30.4 Å². The van der Waals surface area contributed by atoms with Crippen molar-refractivity contribution in [1.29, 1.82) is 0 Å². The highest BCUT2D eigenvalue weighted by atomic mass is 32.2. The van der Waals surface area contributed by atoms with Gasteiger partial charge in [0.05, 0.1) is 19.0 Å². The molecule has 3 rings (SSSR count). The molecule has 1 amide bonds. The number of hydrogen-bond acceptors (Lipinski definition) is 6. The Morgan fingerprint density at radius 2 is 2.13 bits per heavy atom. The molecule has 1 N–H and O–H groups in total. The number of sulfonamides is 1. The molecule has 1 saturated heterocycles. The Morgan fingerprint density at radius 3 is 2.87 bits per heavy atom. The first kappa shape index (κ1) is 15.8. The van der Waals surface area contributed by atoms with Crippen LogP contribution in [0.15, 0.2) is 24.7 Å². The van der Waals surface area contributed by atoms with Gasteiger partial charge < -0.3 is 10.1 Å². The smallest absolute Gasteiger partial charge is 0.271 e. The first-order valence-corrected chi connectivity index (χ1v) is 8.81. The zero-order valence-electron chi connectivity index (χ0n) is 12.4. The standard InChI is InChI=1S/C13H17N5O4S/c19-12(11-10-17-4-1-2-15-13(17)16-11)14-3-9-23(20,21)18-5-7-22-8-6-18/h1-2,4,10H,3,5-9H2,(H,14,19). The number of imidazole rings is 1. The van der Waals surface area contributed by atoms with E-state index in [0.717, 1.165) is 0 Å². The molecule has 3 heterocycles. The number of rotatable bonds is 5. The highest BCUT2D eigenvalue weighted by molar-refractivity contribution is 7.89. The maximum absolute atomic E-state index is 12.1. The lowest BCUT2D eigenvalue weighted by Gasteiger charge is -2.25. The maximum atomic E-state index is 12.1. The number of amides is 1. The molecule has 2 aromatic rings. The minimum absolute atomic E-state index is 0.0276. The molecule has 0 spiro atoms. The summed E-state index contributed by atoms with van der Waals surface area (Å²) in [4.78, 5) is 20.1. The summed E-state index contributed by atoms with van der Waals surface area (Å²) < 4.78 is 32.4. The largest absolute Gasteiger partial charge is 0.379 e. The molecule has 0 radical (unpaired) electrons. The van der Waals surface area contributed by atoms with E-state index in [2.05, 4.69) is 15.3 Å². The van der Waals surface area contributed by atoms with Crippen molar-refractivity contribution in [2.45, 2.75) is 0 Å². The summed E-state index contributed by atoms with van der Waals surface area (Å²) in [5, 5.41) is 2.58.